The van der Waals surface area contributed by atoms with Gasteiger partial charge in [-0.05, 0) is 67.1 Å². The Hall–Kier alpha value is -3.32. The van der Waals surface area contributed by atoms with Crippen LogP contribution in [0.3, 0.4) is 0 Å². The summed E-state index contributed by atoms with van der Waals surface area (Å²) in [7, 11) is 0. The quantitative estimate of drug-likeness (QED) is 0.368. The van der Waals surface area contributed by atoms with Crippen LogP contribution < -0.4 is 4.74 Å². The summed E-state index contributed by atoms with van der Waals surface area (Å²) in [5.41, 5.74) is 1.52. The first-order valence-corrected chi connectivity index (χ1v) is 11.0. The van der Waals surface area contributed by atoms with Gasteiger partial charge in [0.05, 0.1) is 18.7 Å². The van der Waals surface area contributed by atoms with Crippen LogP contribution in [0.5, 0.6) is 5.75 Å². The van der Waals surface area contributed by atoms with E-state index < -0.39 is 17.7 Å². The van der Waals surface area contributed by atoms with Gasteiger partial charge >= 0.3 is 0 Å². The van der Waals surface area contributed by atoms with Crippen molar-refractivity contribution in [2.75, 3.05) is 6.61 Å². The fourth-order valence-corrected chi connectivity index (χ4v) is 4.88. The fraction of sp³-hybridized carbons (Fsp3) is 0.250. The number of carbonyl (C=O) groups excluding carboxylic acids is 2. The van der Waals surface area contributed by atoms with Crippen molar-refractivity contribution in [2.24, 2.45) is 0 Å². The Balaban J connectivity index is 1.62. The van der Waals surface area contributed by atoms with Gasteiger partial charge in [0, 0.05) is 10.4 Å². The summed E-state index contributed by atoms with van der Waals surface area (Å²) in [6, 6.07) is 11.9. The van der Waals surface area contributed by atoms with Crippen LogP contribution in [0.15, 0.2) is 57.8 Å². The van der Waals surface area contributed by atoms with E-state index >= 15 is 0 Å². The molecule has 0 saturated carbocycles. The van der Waals surface area contributed by atoms with E-state index in [4.69, 9.17) is 9.15 Å². The molecule has 1 fully saturated rings. The molecule has 5 rings (SSSR count). The Labute approximate surface area is 183 Å². The molecule has 1 saturated heterocycles. The first-order chi connectivity index (χ1) is 15.0. The van der Waals surface area contributed by atoms with Crippen molar-refractivity contribution < 1.29 is 23.8 Å². The molecule has 3 aromatic rings. The molecule has 158 valence electrons. The van der Waals surface area contributed by atoms with Crippen molar-refractivity contribution in [2.45, 2.75) is 32.4 Å². The van der Waals surface area contributed by atoms with E-state index in [0.29, 0.717) is 23.7 Å². The molecule has 31 heavy (non-hydrogen) atoms. The SMILES string of the molecule is Cc1ccc(C2/C(=C(/O)c3ccc4c(c3)CCCO4)C(=O)C(=O)N2Cc2cccs2)o1. The lowest BCUT2D eigenvalue weighted by atomic mass is 9.96. The molecule has 0 bridgehead atoms. The number of carbonyl (C=O) groups is 2. The number of benzene rings is 1. The van der Waals surface area contributed by atoms with Crippen molar-refractivity contribution in [3.05, 3.63) is 80.9 Å². The van der Waals surface area contributed by atoms with Crippen molar-refractivity contribution >= 4 is 28.8 Å². The average Bonchev–Trinajstić information content (AvgIpc) is 3.50. The van der Waals surface area contributed by atoms with Gasteiger partial charge in [-0.3, -0.25) is 9.59 Å². The maximum atomic E-state index is 13.1. The van der Waals surface area contributed by atoms with Crippen molar-refractivity contribution in [3.63, 3.8) is 0 Å². The molecular weight excluding hydrogens is 414 g/mol. The predicted octanol–water partition coefficient (Wildman–Crippen LogP) is 4.60. The second-order valence-electron chi connectivity index (χ2n) is 7.73. The van der Waals surface area contributed by atoms with E-state index in [1.165, 1.54) is 16.2 Å². The van der Waals surface area contributed by atoms with E-state index in [1.54, 1.807) is 31.2 Å². The minimum atomic E-state index is -0.789. The number of furan rings is 1. The third kappa shape index (κ3) is 3.45. The number of fused-ring (bicyclic) bond motifs is 1. The van der Waals surface area contributed by atoms with Gasteiger partial charge < -0.3 is 19.2 Å². The molecule has 6 nitrogen and oxygen atoms in total. The fourth-order valence-electron chi connectivity index (χ4n) is 4.17. The number of thiophene rings is 1. The van der Waals surface area contributed by atoms with E-state index in [0.717, 1.165) is 29.0 Å². The summed E-state index contributed by atoms with van der Waals surface area (Å²) in [4.78, 5) is 28.5. The number of ketones is 1. The van der Waals surface area contributed by atoms with E-state index in [1.807, 2.05) is 23.6 Å². The molecule has 4 heterocycles. The molecule has 1 unspecified atom stereocenters. The van der Waals surface area contributed by atoms with Gasteiger partial charge in [-0.25, -0.2) is 0 Å². The molecule has 2 aromatic heterocycles. The predicted molar refractivity (Wildman–Crippen MR) is 116 cm³/mol. The van der Waals surface area contributed by atoms with E-state index in [2.05, 4.69) is 0 Å². The number of hydrogen-bond donors (Lipinski definition) is 1. The number of aliphatic hydroxyl groups is 1. The van der Waals surface area contributed by atoms with Gasteiger partial charge in [0.15, 0.2) is 0 Å². The molecule has 1 atom stereocenters. The number of amides is 1. The van der Waals surface area contributed by atoms with Crippen molar-refractivity contribution in [1.82, 2.24) is 4.90 Å². The highest BCUT2D eigenvalue weighted by atomic mass is 32.1. The molecule has 1 aromatic carbocycles. The monoisotopic (exact) mass is 435 g/mol. The lowest BCUT2D eigenvalue weighted by Crippen LogP contribution is -2.28. The Bertz CT molecular complexity index is 1190. The number of aliphatic hydroxyl groups excluding tert-OH is 1. The molecule has 1 N–H and O–H groups in total. The highest BCUT2D eigenvalue weighted by molar-refractivity contribution is 7.09. The summed E-state index contributed by atoms with van der Waals surface area (Å²) in [6.07, 6.45) is 1.73. The second kappa shape index (κ2) is 7.74. The lowest BCUT2D eigenvalue weighted by Gasteiger charge is -2.23. The van der Waals surface area contributed by atoms with E-state index in [-0.39, 0.29) is 17.9 Å². The molecular formula is C24H21NO5S. The molecule has 2 aliphatic heterocycles. The van der Waals surface area contributed by atoms with Crippen LogP contribution in [-0.4, -0.2) is 28.3 Å². The van der Waals surface area contributed by atoms with Crippen LogP contribution in [0.1, 0.15) is 40.0 Å². The zero-order valence-corrected chi connectivity index (χ0v) is 17.8. The van der Waals surface area contributed by atoms with Gasteiger partial charge in [-0.1, -0.05) is 6.07 Å². The summed E-state index contributed by atoms with van der Waals surface area (Å²) < 4.78 is 11.5. The molecule has 1 amide bonds. The Kier molecular flexibility index (Phi) is 4.90. The smallest absolute Gasteiger partial charge is 0.296 e. The molecule has 0 aliphatic carbocycles. The van der Waals surface area contributed by atoms with Gasteiger partial charge in [-0.15, -0.1) is 11.3 Å². The third-order valence-corrected chi connectivity index (χ3v) is 6.52. The Morgan fingerprint density at radius 2 is 2.10 bits per heavy atom. The first-order valence-electron chi connectivity index (χ1n) is 10.2. The van der Waals surface area contributed by atoms with E-state index in [9.17, 15) is 14.7 Å². The van der Waals surface area contributed by atoms with Crippen LogP contribution in [0.25, 0.3) is 5.76 Å². The summed E-state index contributed by atoms with van der Waals surface area (Å²) in [5, 5.41) is 13.1. The first kappa shape index (κ1) is 19.6. The Morgan fingerprint density at radius 3 is 2.84 bits per heavy atom. The Morgan fingerprint density at radius 1 is 1.23 bits per heavy atom. The normalized spacial score (nSPS) is 20.0. The van der Waals surface area contributed by atoms with Crippen LogP contribution in [0.2, 0.25) is 0 Å². The summed E-state index contributed by atoms with van der Waals surface area (Å²) in [6.45, 7) is 2.74. The highest BCUT2D eigenvalue weighted by Gasteiger charge is 2.47. The number of hydrogen-bond acceptors (Lipinski definition) is 6. The molecule has 7 heteroatoms. The maximum Gasteiger partial charge on any atom is 0.296 e. The average molecular weight is 436 g/mol. The van der Waals surface area contributed by atoms with Crippen molar-refractivity contribution in [3.8, 4) is 5.75 Å². The minimum Gasteiger partial charge on any atom is -0.507 e. The van der Waals surface area contributed by atoms with Crippen molar-refractivity contribution in [1.29, 1.82) is 0 Å². The highest BCUT2D eigenvalue weighted by Crippen LogP contribution is 2.41. The van der Waals surface area contributed by atoms with Crippen LogP contribution in [-0.2, 0) is 22.6 Å². The van der Waals surface area contributed by atoms with Gasteiger partial charge in [0.1, 0.15) is 29.1 Å². The summed E-state index contributed by atoms with van der Waals surface area (Å²) in [5.74, 6) is 0.370. The largest absolute Gasteiger partial charge is 0.507 e. The number of likely N-dealkylation sites (tertiary alicyclic amines) is 1. The van der Waals surface area contributed by atoms with Gasteiger partial charge in [0.25, 0.3) is 11.7 Å². The van der Waals surface area contributed by atoms with Crippen LogP contribution >= 0.6 is 11.3 Å². The second-order valence-corrected chi connectivity index (χ2v) is 8.76. The van der Waals surface area contributed by atoms with Gasteiger partial charge in [-0.2, -0.15) is 0 Å². The number of aryl methyl sites for hydroxylation is 2. The number of ether oxygens (including phenoxy) is 1. The lowest BCUT2D eigenvalue weighted by molar-refractivity contribution is -0.140. The third-order valence-electron chi connectivity index (χ3n) is 5.66. The maximum absolute atomic E-state index is 13.1. The standard InChI is InChI=1S/C24H21NO5S/c1-14-6-8-19(30-14)21-20(23(27)24(28)25(21)13-17-5-3-11-31-17)22(26)16-7-9-18-15(12-16)4-2-10-29-18/h3,5-9,11-12,21,26H,2,4,10,13H2,1H3/b22-20-. The number of nitrogens with zero attached hydrogens (tertiary/aromatic N) is 1. The molecule has 0 spiro atoms. The van der Waals surface area contributed by atoms with Crippen LogP contribution in [0, 0.1) is 6.92 Å². The zero-order chi connectivity index (χ0) is 21.5. The topological polar surface area (TPSA) is 80.0 Å². The number of Topliss-reactive ketones (excluding diaryl/α,β-unsaturated/α-hetero) is 1. The number of rotatable bonds is 4. The molecule has 2 aliphatic rings. The zero-order valence-electron chi connectivity index (χ0n) is 17.0. The summed E-state index contributed by atoms with van der Waals surface area (Å²) >= 11 is 1.51. The molecule has 0 radical (unpaired) electrons. The van der Waals surface area contributed by atoms with Gasteiger partial charge in [0.2, 0.25) is 0 Å². The van der Waals surface area contributed by atoms with Crippen LogP contribution in [0.4, 0.5) is 0 Å². The minimum absolute atomic E-state index is 0.0487.